The number of hydrogen-bond acceptors (Lipinski definition) is 1. The Bertz CT molecular complexity index is 598. The van der Waals surface area contributed by atoms with Crippen LogP contribution in [0.4, 0.5) is 10.1 Å². The van der Waals surface area contributed by atoms with Gasteiger partial charge in [-0.3, -0.25) is 4.79 Å². The Morgan fingerprint density at radius 1 is 1.22 bits per heavy atom. The third-order valence-electron chi connectivity index (χ3n) is 2.52. The summed E-state index contributed by atoms with van der Waals surface area (Å²) >= 11 is 2.14. The number of hydrogen-bond donors (Lipinski definition) is 1. The fourth-order valence-corrected chi connectivity index (χ4v) is 2.05. The van der Waals surface area contributed by atoms with E-state index in [4.69, 9.17) is 0 Å². The molecule has 0 spiro atoms. The van der Waals surface area contributed by atoms with Crippen LogP contribution in [0.1, 0.15) is 15.9 Å². The smallest absolute Gasteiger partial charge is 0.255 e. The molecule has 4 heteroatoms. The highest BCUT2D eigenvalue weighted by Crippen LogP contribution is 2.15. The van der Waals surface area contributed by atoms with Crippen LogP contribution in [0.2, 0.25) is 0 Å². The molecule has 92 valence electrons. The van der Waals surface area contributed by atoms with E-state index < -0.39 is 0 Å². The van der Waals surface area contributed by atoms with Crippen LogP contribution in [-0.2, 0) is 0 Å². The van der Waals surface area contributed by atoms with E-state index >= 15 is 0 Å². The molecule has 1 amide bonds. The molecule has 2 aromatic rings. The van der Waals surface area contributed by atoms with Gasteiger partial charge in [0.15, 0.2) is 0 Å². The fraction of sp³-hybridized carbons (Fsp3) is 0.0714. The van der Waals surface area contributed by atoms with Crippen LogP contribution in [0, 0.1) is 16.3 Å². The third-order valence-corrected chi connectivity index (χ3v) is 3.19. The van der Waals surface area contributed by atoms with Gasteiger partial charge in [0, 0.05) is 14.8 Å². The zero-order valence-electron chi connectivity index (χ0n) is 9.71. The Morgan fingerprint density at radius 3 is 2.67 bits per heavy atom. The van der Waals surface area contributed by atoms with Crippen molar-refractivity contribution in [2.75, 3.05) is 5.32 Å². The Balaban J connectivity index is 2.18. The van der Waals surface area contributed by atoms with Gasteiger partial charge in [0.1, 0.15) is 5.82 Å². The summed E-state index contributed by atoms with van der Waals surface area (Å²) in [6.45, 7) is 1.68. The van der Waals surface area contributed by atoms with Gasteiger partial charge in [-0.1, -0.05) is 12.1 Å². The van der Waals surface area contributed by atoms with Gasteiger partial charge >= 0.3 is 0 Å². The zero-order chi connectivity index (χ0) is 13.1. The minimum absolute atomic E-state index is 0.239. The van der Waals surface area contributed by atoms with Crippen molar-refractivity contribution in [3.05, 3.63) is 63.0 Å². The highest BCUT2D eigenvalue weighted by Gasteiger charge is 2.07. The molecule has 0 radical (unpaired) electrons. The van der Waals surface area contributed by atoms with Crippen molar-refractivity contribution in [3.8, 4) is 0 Å². The maximum absolute atomic E-state index is 13.3. The molecule has 0 unspecified atom stereocenters. The molecule has 2 aromatic carbocycles. The van der Waals surface area contributed by atoms with E-state index in [2.05, 4.69) is 27.9 Å². The highest BCUT2D eigenvalue weighted by molar-refractivity contribution is 14.1. The van der Waals surface area contributed by atoms with Crippen LogP contribution in [0.3, 0.4) is 0 Å². The molecule has 0 heterocycles. The first-order valence-electron chi connectivity index (χ1n) is 5.39. The third kappa shape index (κ3) is 3.07. The van der Waals surface area contributed by atoms with Gasteiger partial charge in [0.25, 0.3) is 5.91 Å². The molecule has 0 bridgehead atoms. The highest BCUT2D eigenvalue weighted by atomic mass is 127. The molecule has 2 nitrogen and oxygen atoms in total. The average molecular weight is 355 g/mol. The summed E-state index contributed by atoms with van der Waals surface area (Å²) in [4.78, 5) is 11.9. The number of carbonyl (C=O) groups excluding carboxylic acids is 1. The number of halogens is 2. The second-order valence-corrected chi connectivity index (χ2v) is 5.17. The van der Waals surface area contributed by atoms with Gasteiger partial charge in [0.2, 0.25) is 0 Å². The normalized spacial score (nSPS) is 10.2. The number of rotatable bonds is 2. The van der Waals surface area contributed by atoms with Crippen molar-refractivity contribution in [1.82, 2.24) is 0 Å². The minimum Gasteiger partial charge on any atom is -0.322 e. The van der Waals surface area contributed by atoms with Crippen LogP contribution in [-0.4, -0.2) is 5.91 Å². The Morgan fingerprint density at radius 2 is 2.00 bits per heavy atom. The first-order chi connectivity index (χ1) is 8.56. The van der Waals surface area contributed by atoms with Crippen molar-refractivity contribution in [1.29, 1.82) is 0 Å². The number of benzene rings is 2. The molecular weight excluding hydrogens is 344 g/mol. The first-order valence-corrected chi connectivity index (χ1v) is 6.47. The van der Waals surface area contributed by atoms with Crippen LogP contribution in [0.15, 0.2) is 42.5 Å². The lowest BCUT2D eigenvalue weighted by Crippen LogP contribution is -2.12. The lowest BCUT2D eigenvalue weighted by molar-refractivity contribution is 0.102. The molecule has 0 aromatic heterocycles. The molecule has 0 saturated carbocycles. The van der Waals surface area contributed by atoms with Crippen LogP contribution in [0.5, 0.6) is 0 Å². The van der Waals surface area contributed by atoms with E-state index in [0.29, 0.717) is 16.8 Å². The maximum Gasteiger partial charge on any atom is 0.255 e. The number of anilines is 1. The molecule has 18 heavy (non-hydrogen) atoms. The summed E-state index contributed by atoms with van der Waals surface area (Å²) in [5, 5.41) is 2.67. The Kier molecular flexibility index (Phi) is 3.96. The average Bonchev–Trinajstić information content (AvgIpc) is 2.34. The summed E-state index contributed by atoms with van der Waals surface area (Å²) in [5.41, 5.74) is 1.58. The van der Waals surface area contributed by atoms with Gasteiger partial charge in [-0.05, 0) is 65.4 Å². The summed E-state index contributed by atoms with van der Waals surface area (Å²) in [5.74, 6) is -0.563. The molecule has 0 aliphatic heterocycles. The summed E-state index contributed by atoms with van der Waals surface area (Å²) in [6, 6.07) is 11.9. The number of aryl methyl sites for hydroxylation is 1. The largest absolute Gasteiger partial charge is 0.322 e. The summed E-state index contributed by atoms with van der Waals surface area (Å²) in [7, 11) is 0. The van der Waals surface area contributed by atoms with Crippen molar-refractivity contribution in [2.45, 2.75) is 6.92 Å². The van der Waals surface area contributed by atoms with E-state index in [9.17, 15) is 9.18 Å². The van der Waals surface area contributed by atoms with Crippen molar-refractivity contribution >= 4 is 34.2 Å². The van der Waals surface area contributed by atoms with Crippen molar-refractivity contribution in [3.63, 3.8) is 0 Å². The second-order valence-electron chi connectivity index (χ2n) is 3.93. The SMILES string of the molecule is Cc1ccc(NC(=O)c2cccc(I)c2)cc1F. The summed E-state index contributed by atoms with van der Waals surface area (Å²) < 4.78 is 14.3. The number of amides is 1. The van der Waals surface area contributed by atoms with E-state index in [1.165, 1.54) is 6.07 Å². The molecule has 0 atom stereocenters. The van der Waals surface area contributed by atoms with Gasteiger partial charge in [-0.15, -0.1) is 0 Å². The fourth-order valence-electron chi connectivity index (χ4n) is 1.50. The van der Waals surface area contributed by atoms with Crippen LogP contribution in [0.25, 0.3) is 0 Å². The van der Waals surface area contributed by atoms with E-state index in [-0.39, 0.29) is 11.7 Å². The van der Waals surface area contributed by atoms with Gasteiger partial charge in [-0.2, -0.15) is 0 Å². The predicted molar refractivity (Wildman–Crippen MR) is 78.2 cm³/mol. The Hall–Kier alpha value is -1.43. The monoisotopic (exact) mass is 355 g/mol. The molecule has 2 rings (SSSR count). The second kappa shape index (κ2) is 5.48. The van der Waals surface area contributed by atoms with Gasteiger partial charge in [0.05, 0.1) is 0 Å². The molecule has 0 aliphatic carbocycles. The quantitative estimate of drug-likeness (QED) is 0.811. The zero-order valence-corrected chi connectivity index (χ0v) is 11.9. The molecule has 1 N–H and O–H groups in total. The standard InChI is InChI=1S/C14H11FINO/c1-9-5-6-12(8-13(9)15)17-14(18)10-3-2-4-11(16)7-10/h2-8H,1H3,(H,17,18). The molecule has 0 fully saturated rings. The summed E-state index contributed by atoms with van der Waals surface area (Å²) in [6.07, 6.45) is 0. The first kappa shape index (κ1) is 13.0. The van der Waals surface area contributed by atoms with Crippen LogP contribution < -0.4 is 5.32 Å². The Labute approximate surface area is 118 Å². The van der Waals surface area contributed by atoms with E-state index in [0.717, 1.165) is 3.57 Å². The predicted octanol–water partition coefficient (Wildman–Crippen LogP) is 3.99. The maximum atomic E-state index is 13.3. The van der Waals surface area contributed by atoms with Crippen LogP contribution >= 0.6 is 22.6 Å². The lowest BCUT2D eigenvalue weighted by Gasteiger charge is -2.06. The lowest BCUT2D eigenvalue weighted by atomic mass is 10.2. The molecule has 0 saturated heterocycles. The number of carbonyl (C=O) groups is 1. The van der Waals surface area contributed by atoms with Crippen molar-refractivity contribution in [2.24, 2.45) is 0 Å². The minimum atomic E-state index is -0.324. The topological polar surface area (TPSA) is 29.1 Å². The van der Waals surface area contributed by atoms with Gasteiger partial charge < -0.3 is 5.32 Å². The molecular formula is C14H11FINO. The van der Waals surface area contributed by atoms with Crippen molar-refractivity contribution < 1.29 is 9.18 Å². The molecule has 0 aliphatic rings. The van der Waals surface area contributed by atoms with Gasteiger partial charge in [-0.25, -0.2) is 4.39 Å². The number of nitrogens with one attached hydrogen (secondary N) is 1. The van der Waals surface area contributed by atoms with E-state index in [1.54, 1.807) is 31.2 Å². The van der Waals surface area contributed by atoms with E-state index in [1.807, 2.05) is 12.1 Å².